The molecule has 0 aliphatic heterocycles. The molecule has 0 spiro atoms. The maximum atomic E-state index is 12.2. The zero-order valence-corrected chi connectivity index (χ0v) is 14.0. The fraction of sp³-hybridized carbons (Fsp3) is 0.389. The highest BCUT2D eigenvalue weighted by Crippen LogP contribution is 2.38. The summed E-state index contributed by atoms with van der Waals surface area (Å²) in [5.74, 6) is -0.962. The number of aromatic amines is 1. The summed E-state index contributed by atoms with van der Waals surface area (Å²) in [5, 5.41) is 19.0. The molecule has 1 aliphatic carbocycles. The minimum absolute atomic E-state index is 0.0256. The molecule has 1 fully saturated rings. The first-order valence-electron chi connectivity index (χ1n) is 8.26. The van der Waals surface area contributed by atoms with E-state index in [0.717, 1.165) is 24.1 Å². The Hall–Kier alpha value is -2.83. The monoisotopic (exact) mass is 343 g/mol. The molecule has 7 nitrogen and oxygen atoms in total. The average Bonchev–Trinajstić information content (AvgIpc) is 3.35. The van der Waals surface area contributed by atoms with Gasteiger partial charge in [-0.1, -0.05) is 18.2 Å². The van der Waals surface area contributed by atoms with Crippen molar-refractivity contribution in [1.82, 2.24) is 15.5 Å². The fourth-order valence-corrected chi connectivity index (χ4v) is 2.75. The number of benzene rings is 1. The lowest BCUT2D eigenvalue weighted by atomic mass is 9.98. The molecular formula is C18H21N3O4. The fourth-order valence-electron chi connectivity index (χ4n) is 2.75. The van der Waals surface area contributed by atoms with Crippen molar-refractivity contribution in [2.24, 2.45) is 5.92 Å². The number of nitrogens with zero attached hydrogens (tertiary/aromatic N) is 1. The summed E-state index contributed by atoms with van der Waals surface area (Å²) in [6, 6.07) is 9.01. The summed E-state index contributed by atoms with van der Waals surface area (Å²) >= 11 is 0. The first-order chi connectivity index (χ1) is 12.1. The van der Waals surface area contributed by atoms with Crippen LogP contribution in [-0.4, -0.2) is 40.8 Å². The smallest absolute Gasteiger partial charge is 0.308 e. The van der Waals surface area contributed by atoms with Crippen molar-refractivity contribution in [1.29, 1.82) is 0 Å². The molecule has 0 saturated heterocycles. The van der Waals surface area contributed by atoms with Gasteiger partial charge in [0.1, 0.15) is 11.4 Å². The van der Waals surface area contributed by atoms with Crippen LogP contribution in [0.3, 0.4) is 0 Å². The molecule has 1 aromatic heterocycles. The highest BCUT2D eigenvalue weighted by Gasteiger charge is 2.27. The number of rotatable bonds is 8. The standard InChI is InChI=1S/C18H21N3O4/c1-25-16-5-3-2-4-12(16)8-13(18(23)24)10-19-17(22)15-9-14(20-21-15)11-6-7-11/h2-5,9,11,13H,6-8,10H2,1H3,(H,19,22)(H,20,21)(H,23,24). The summed E-state index contributed by atoms with van der Waals surface area (Å²) in [6.45, 7) is 0.0256. The Kier molecular flexibility index (Phi) is 5.02. The molecule has 1 amide bonds. The van der Waals surface area contributed by atoms with E-state index in [0.29, 0.717) is 17.4 Å². The van der Waals surface area contributed by atoms with Gasteiger partial charge in [-0.25, -0.2) is 0 Å². The van der Waals surface area contributed by atoms with Gasteiger partial charge in [0, 0.05) is 18.2 Å². The van der Waals surface area contributed by atoms with Gasteiger partial charge < -0.3 is 15.2 Å². The molecule has 3 N–H and O–H groups in total. The molecule has 132 valence electrons. The van der Waals surface area contributed by atoms with Crippen LogP contribution in [0.5, 0.6) is 5.75 Å². The number of carbonyl (C=O) groups excluding carboxylic acids is 1. The van der Waals surface area contributed by atoms with E-state index in [-0.39, 0.29) is 18.9 Å². The summed E-state index contributed by atoms with van der Waals surface area (Å²) in [4.78, 5) is 23.7. The Bertz CT molecular complexity index is 767. The van der Waals surface area contributed by atoms with E-state index in [9.17, 15) is 14.7 Å². The number of hydrogen-bond donors (Lipinski definition) is 3. The second-order valence-corrected chi connectivity index (χ2v) is 6.24. The van der Waals surface area contributed by atoms with Crippen molar-refractivity contribution in [2.45, 2.75) is 25.2 Å². The minimum atomic E-state index is -0.966. The van der Waals surface area contributed by atoms with E-state index in [1.807, 2.05) is 18.2 Å². The number of aliphatic carboxylic acids is 1. The van der Waals surface area contributed by atoms with Crippen LogP contribution in [0.15, 0.2) is 30.3 Å². The topological polar surface area (TPSA) is 104 Å². The first-order valence-corrected chi connectivity index (χ1v) is 8.26. The normalized spacial score (nSPS) is 14.8. The number of carboxylic acid groups (broad SMARTS) is 1. The summed E-state index contributed by atoms with van der Waals surface area (Å²) in [6.07, 6.45) is 2.50. The predicted octanol–water partition coefficient (Wildman–Crippen LogP) is 1.97. The van der Waals surface area contributed by atoms with Crippen LogP contribution in [0.2, 0.25) is 0 Å². The Morgan fingerprint density at radius 1 is 1.40 bits per heavy atom. The van der Waals surface area contributed by atoms with Crippen molar-refractivity contribution in [3.05, 3.63) is 47.3 Å². The molecule has 1 aromatic carbocycles. The molecular weight excluding hydrogens is 322 g/mol. The van der Waals surface area contributed by atoms with Crippen LogP contribution in [0.1, 0.15) is 40.5 Å². The number of nitrogens with one attached hydrogen (secondary N) is 2. The predicted molar refractivity (Wildman–Crippen MR) is 90.7 cm³/mol. The second kappa shape index (κ2) is 7.38. The lowest BCUT2D eigenvalue weighted by molar-refractivity contribution is -0.141. The quantitative estimate of drug-likeness (QED) is 0.680. The third-order valence-corrected chi connectivity index (χ3v) is 4.36. The van der Waals surface area contributed by atoms with Gasteiger partial charge >= 0.3 is 5.97 Å². The number of aromatic nitrogens is 2. The van der Waals surface area contributed by atoms with Crippen LogP contribution >= 0.6 is 0 Å². The van der Waals surface area contributed by atoms with E-state index in [1.165, 1.54) is 0 Å². The van der Waals surface area contributed by atoms with Crippen LogP contribution in [0, 0.1) is 5.92 Å². The van der Waals surface area contributed by atoms with E-state index < -0.39 is 11.9 Å². The van der Waals surface area contributed by atoms with Crippen LogP contribution in [0.25, 0.3) is 0 Å². The largest absolute Gasteiger partial charge is 0.496 e. The van der Waals surface area contributed by atoms with E-state index >= 15 is 0 Å². The second-order valence-electron chi connectivity index (χ2n) is 6.24. The lowest BCUT2D eigenvalue weighted by Gasteiger charge is -2.15. The van der Waals surface area contributed by atoms with Crippen molar-refractivity contribution in [3.8, 4) is 5.75 Å². The molecule has 1 aliphatic rings. The maximum Gasteiger partial charge on any atom is 0.308 e. The number of methoxy groups -OCH3 is 1. The summed E-state index contributed by atoms with van der Waals surface area (Å²) < 4.78 is 5.26. The lowest BCUT2D eigenvalue weighted by Crippen LogP contribution is -2.34. The zero-order chi connectivity index (χ0) is 17.8. The van der Waals surface area contributed by atoms with Crippen molar-refractivity contribution in [3.63, 3.8) is 0 Å². The van der Waals surface area contributed by atoms with Gasteiger partial charge in [-0.2, -0.15) is 5.10 Å². The zero-order valence-electron chi connectivity index (χ0n) is 14.0. The van der Waals surface area contributed by atoms with Crippen LogP contribution in [0.4, 0.5) is 0 Å². The number of ether oxygens (including phenoxy) is 1. The molecule has 1 unspecified atom stereocenters. The van der Waals surface area contributed by atoms with Gasteiger partial charge in [-0.3, -0.25) is 14.7 Å². The molecule has 3 rings (SSSR count). The minimum Gasteiger partial charge on any atom is -0.496 e. The maximum absolute atomic E-state index is 12.2. The molecule has 0 bridgehead atoms. The third kappa shape index (κ3) is 4.17. The Morgan fingerprint density at radius 2 is 2.16 bits per heavy atom. The molecule has 2 aromatic rings. The molecule has 0 radical (unpaired) electrons. The molecule has 25 heavy (non-hydrogen) atoms. The number of para-hydroxylation sites is 1. The van der Waals surface area contributed by atoms with Crippen molar-refractivity contribution in [2.75, 3.05) is 13.7 Å². The number of carbonyl (C=O) groups is 2. The molecule has 7 heteroatoms. The van der Waals surface area contributed by atoms with Gasteiger partial charge in [0.15, 0.2) is 0 Å². The molecule has 1 heterocycles. The number of H-pyrrole nitrogens is 1. The van der Waals surface area contributed by atoms with Crippen molar-refractivity contribution >= 4 is 11.9 Å². The van der Waals surface area contributed by atoms with Gasteiger partial charge in [0.05, 0.1) is 13.0 Å². The van der Waals surface area contributed by atoms with Gasteiger partial charge in [0.2, 0.25) is 0 Å². The van der Waals surface area contributed by atoms with Gasteiger partial charge in [-0.15, -0.1) is 0 Å². The van der Waals surface area contributed by atoms with E-state index in [4.69, 9.17) is 4.74 Å². The Balaban J connectivity index is 1.61. The first kappa shape index (κ1) is 17.0. The average molecular weight is 343 g/mol. The number of carboxylic acids is 1. The van der Waals surface area contributed by atoms with Gasteiger partial charge in [0.25, 0.3) is 5.91 Å². The summed E-state index contributed by atoms with van der Waals surface area (Å²) in [5.41, 5.74) is 2.06. The Morgan fingerprint density at radius 3 is 2.84 bits per heavy atom. The molecule has 1 atom stereocenters. The number of amides is 1. The van der Waals surface area contributed by atoms with Crippen LogP contribution < -0.4 is 10.1 Å². The SMILES string of the molecule is COc1ccccc1CC(CNC(=O)c1cc(C2CC2)[nH]n1)C(=O)O. The van der Waals surface area contributed by atoms with E-state index in [2.05, 4.69) is 15.5 Å². The van der Waals surface area contributed by atoms with E-state index in [1.54, 1.807) is 19.2 Å². The highest BCUT2D eigenvalue weighted by molar-refractivity contribution is 5.92. The molecule has 1 saturated carbocycles. The highest BCUT2D eigenvalue weighted by atomic mass is 16.5. The third-order valence-electron chi connectivity index (χ3n) is 4.36. The van der Waals surface area contributed by atoms with Crippen molar-refractivity contribution < 1.29 is 19.4 Å². The summed E-state index contributed by atoms with van der Waals surface area (Å²) in [7, 11) is 1.55. The number of hydrogen-bond acceptors (Lipinski definition) is 4. The van der Waals surface area contributed by atoms with Crippen LogP contribution in [-0.2, 0) is 11.2 Å². The Labute approximate surface area is 145 Å². The van der Waals surface area contributed by atoms with Gasteiger partial charge in [-0.05, 0) is 37.0 Å².